The van der Waals surface area contributed by atoms with Gasteiger partial charge in [0, 0.05) is 5.38 Å². The second kappa shape index (κ2) is 6.42. The number of nitrogens with zero attached hydrogens (tertiary/aromatic N) is 2. The monoisotopic (exact) mass is 318 g/mol. The number of aromatic nitrogens is 2. The maximum absolute atomic E-state index is 11.4. The summed E-state index contributed by atoms with van der Waals surface area (Å²) in [5.74, 6) is -0.229. The maximum atomic E-state index is 11.4. The molecule has 0 saturated heterocycles. The summed E-state index contributed by atoms with van der Waals surface area (Å²) in [5.41, 5.74) is 7.30. The van der Waals surface area contributed by atoms with E-state index in [1.165, 1.54) is 11.3 Å². The van der Waals surface area contributed by atoms with Crippen LogP contribution in [0.5, 0.6) is 0 Å². The smallest absolute Gasteiger partial charge is 0.242 e. The van der Waals surface area contributed by atoms with Gasteiger partial charge in [0.25, 0.3) is 0 Å². The number of nitrogens with two attached hydrogens (primary N) is 1. The first-order chi connectivity index (χ1) is 8.47. The van der Waals surface area contributed by atoms with Gasteiger partial charge < -0.3 is 11.1 Å². The molecular weight excluding hydrogens is 304 g/mol. The second-order valence-electron chi connectivity index (χ2n) is 3.96. The van der Waals surface area contributed by atoms with Gasteiger partial charge in [-0.2, -0.15) is 0 Å². The molecular formula is C11H15ClN4OS2. The van der Waals surface area contributed by atoms with Crippen LogP contribution in [0.25, 0.3) is 10.6 Å². The fraction of sp³-hybridized carbons (Fsp3) is 0.364. The molecule has 0 saturated carbocycles. The van der Waals surface area contributed by atoms with Crippen molar-refractivity contribution in [2.75, 3.05) is 5.32 Å². The molecule has 1 amide bonds. The third kappa shape index (κ3) is 3.73. The molecule has 0 aliphatic rings. The number of carbonyl (C=O) groups is 1. The van der Waals surface area contributed by atoms with E-state index in [1.807, 2.05) is 19.2 Å². The van der Waals surface area contributed by atoms with Gasteiger partial charge in [0.05, 0.1) is 27.3 Å². The van der Waals surface area contributed by atoms with Gasteiger partial charge in [-0.1, -0.05) is 0 Å². The molecule has 0 spiro atoms. The lowest BCUT2D eigenvalue weighted by atomic mass is 10.3. The van der Waals surface area contributed by atoms with Crippen molar-refractivity contribution in [3.63, 3.8) is 0 Å². The molecule has 2 aromatic heterocycles. The van der Waals surface area contributed by atoms with E-state index in [1.54, 1.807) is 18.3 Å². The van der Waals surface area contributed by atoms with Crippen molar-refractivity contribution in [2.45, 2.75) is 26.8 Å². The second-order valence-corrected chi connectivity index (χ2v) is 6.02. The van der Waals surface area contributed by atoms with E-state index in [2.05, 4.69) is 15.3 Å². The van der Waals surface area contributed by atoms with Crippen molar-refractivity contribution in [3.05, 3.63) is 16.1 Å². The van der Waals surface area contributed by atoms with Crippen LogP contribution in [-0.2, 0) is 4.79 Å². The van der Waals surface area contributed by atoms with E-state index in [0.29, 0.717) is 5.13 Å². The molecule has 19 heavy (non-hydrogen) atoms. The number of anilines is 1. The summed E-state index contributed by atoms with van der Waals surface area (Å²) in [5, 5.41) is 6.18. The van der Waals surface area contributed by atoms with Crippen LogP contribution >= 0.6 is 35.1 Å². The molecule has 0 aliphatic heterocycles. The number of thiazole rings is 2. The molecule has 2 heterocycles. The molecule has 0 aliphatic carbocycles. The van der Waals surface area contributed by atoms with Gasteiger partial charge in [-0.3, -0.25) is 4.79 Å². The Morgan fingerprint density at radius 3 is 2.63 bits per heavy atom. The quantitative estimate of drug-likeness (QED) is 0.911. The summed E-state index contributed by atoms with van der Waals surface area (Å²) in [6.45, 7) is 5.56. The van der Waals surface area contributed by atoms with Crippen molar-refractivity contribution in [1.82, 2.24) is 9.97 Å². The van der Waals surface area contributed by atoms with E-state index < -0.39 is 6.04 Å². The van der Waals surface area contributed by atoms with Crippen molar-refractivity contribution >= 4 is 46.1 Å². The lowest BCUT2D eigenvalue weighted by molar-refractivity contribution is -0.117. The Morgan fingerprint density at radius 2 is 2.11 bits per heavy atom. The highest BCUT2D eigenvalue weighted by molar-refractivity contribution is 7.16. The zero-order valence-electron chi connectivity index (χ0n) is 10.8. The average molecular weight is 319 g/mol. The molecule has 3 N–H and O–H groups in total. The third-order valence-electron chi connectivity index (χ3n) is 2.28. The molecule has 1 atom stereocenters. The molecule has 0 radical (unpaired) electrons. The van der Waals surface area contributed by atoms with E-state index in [0.717, 1.165) is 21.3 Å². The lowest BCUT2D eigenvalue weighted by Gasteiger charge is -2.03. The highest BCUT2D eigenvalue weighted by Crippen LogP contribution is 2.31. The molecule has 0 aromatic carbocycles. The van der Waals surface area contributed by atoms with Gasteiger partial charge in [-0.15, -0.1) is 35.1 Å². The fourth-order valence-electron chi connectivity index (χ4n) is 1.42. The van der Waals surface area contributed by atoms with Gasteiger partial charge >= 0.3 is 0 Å². The zero-order chi connectivity index (χ0) is 13.3. The third-order valence-corrected chi connectivity index (χ3v) is 4.14. The zero-order valence-corrected chi connectivity index (χ0v) is 13.2. The number of nitrogens with one attached hydrogen (secondary N) is 1. The largest absolute Gasteiger partial charge is 0.320 e. The van der Waals surface area contributed by atoms with E-state index in [-0.39, 0.29) is 18.3 Å². The van der Waals surface area contributed by atoms with Crippen molar-refractivity contribution in [1.29, 1.82) is 0 Å². The maximum Gasteiger partial charge on any atom is 0.242 e. The first kappa shape index (κ1) is 16.0. The van der Waals surface area contributed by atoms with Crippen molar-refractivity contribution in [2.24, 2.45) is 5.73 Å². The summed E-state index contributed by atoms with van der Waals surface area (Å²) in [6, 6.07) is -0.537. The van der Waals surface area contributed by atoms with Crippen molar-refractivity contribution < 1.29 is 4.79 Å². The van der Waals surface area contributed by atoms with Crippen LogP contribution in [0.4, 0.5) is 5.13 Å². The molecule has 0 bridgehead atoms. The SMILES string of the molecule is Cc1nc(C)c(-c2csc(NC(=O)[C@@H](C)N)n2)s1.Cl. The number of rotatable bonds is 3. The molecule has 104 valence electrons. The summed E-state index contributed by atoms with van der Waals surface area (Å²) < 4.78 is 0. The predicted octanol–water partition coefficient (Wildman–Crippen LogP) is 2.59. The average Bonchev–Trinajstić information content (AvgIpc) is 2.85. The van der Waals surface area contributed by atoms with Crippen LogP contribution in [0.2, 0.25) is 0 Å². The van der Waals surface area contributed by atoms with Gasteiger partial charge in [0.1, 0.15) is 0 Å². The predicted molar refractivity (Wildman–Crippen MR) is 82.2 cm³/mol. The van der Waals surface area contributed by atoms with Crippen LogP contribution in [0.3, 0.4) is 0 Å². The van der Waals surface area contributed by atoms with Crippen LogP contribution in [0.15, 0.2) is 5.38 Å². The van der Waals surface area contributed by atoms with Crippen LogP contribution < -0.4 is 11.1 Å². The minimum absolute atomic E-state index is 0. The molecule has 2 aromatic rings. The normalized spacial score (nSPS) is 11.8. The number of halogens is 1. The van der Waals surface area contributed by atoms with Gasteiger partial charge in [0.15, 0.2) is 5.13 Å². The van der Waals surface area contributed by atoms with Crippen LogP contribution in [0.1, 0.15) is 17.6 Å². The van der Waals surface area contributed by atoms with Gasteiger partial charge in [-0.05, 0) is 20.8 Å². The summed E-state index contributed by atoms with van der Waals surface area (Å²) in [7, 11) is 0. The minimum atomic E-state index is -0.537. The van der Waals surface area contributed by atoms with E-state index >= 15 is 0 Å². The number of aryl methyl sites for hydroxylation is 2. The lowest BCUT2D eigenvalue weighted by Crippen LogP contribution is -2.32. The number of carbonyl (C=O) groups excluding carboxylic acids is 1. The Kier molecular flexibility index (Phi) is 5.42. The summed E-state index contributed by atoms with van der Waals surface area (Å²) in [6.07, 6.45) is 0. The fourth-order valence-corrected chi connectivity index (χ4v) is 3.08. The van der Waals surface area contributed by atoms with Crippen molar-refractivity contribution in [3.8, 4) is 10.6 Å². The summed E-state index contributed by atoms with van der Waals surface area (Å²) in [4.78, 5) is 21.2. The topological polar surface area (TPSA) is 80.9 Å². The Bertz CT molecular complexity index is 579. The Hall–Kier alpha value is -1.02. The van der Waals surface area contributed by atoms with Crippen LogP contribution in [0, 0.1) is 13.8 Å². The Balaban J connectivity index is 0.00000180. The van der Waals surface area contributed by atoms with E-state index in [4.69, 9.17) is 5.73 Å². The Labute approximate surface area is 125 Å². The highest BCUT2D eigenvalue weighted by atomic mass is 35.5. The Morgan fingerprint density at radius 1 is 1.42 bits per heavy atom. The van der Waals surface area contributed by atoms with Crippen LogP contribution in [-0.4, -0.2) is 21.9 Å². The number of hydrogen-bond acceptors (Lipinski definition) is 6. The molecule has 2 rings (SSSR count). The first-order valence-corrected chi connectivity index (χ1v) is 7.13. The number of hydrogen-bond donors (Lipinski definition) is 2. The standard InChI is InChI=1S/C11H14N4OS2.ClH/c1-5(12)10(16)15-11-14-8(4-17-11)9-6(2)13-7(3)18-9;/h4-5H,12H2,1-3H3,(H,14,15,16);1H/t5-;/m1./s1. The van der Waals surface area contributed by atoms with E-state index in [9.17, 15) is 4.79 Å². The summed E-state index contributed by atoms with van der Waals surface area (Å²) >= 11 is 2.99. The molecule has 8 heteroatoms. The molecule has 5 nitrogen and oxygen atoms in total. The number of amides is 1. The molecule has 0 unspecified atom stereocenters. The minimum Gasteiger partial charge on any atom is -0.320 e. The van der Waals surface area contributed by atoms with Gasteiger partial charge in [-0.25, -0.2) is 9.97 Å². The van der Waals surface area contributed by atoms with Gasteiger partial charge in [0.2, 0.25) is 5.91 Å². The molecule has 0 fully saturated rings. The highest BCUT2D eigenvalue weighted by Gasteiger charge is 2.14. The first-order valence-electron chi connectivity index (χ1n) is 5.43.